The average Bonchev–Trinajstić information content (AvgIpc) is 2.48. The molecule has 1 heterocycles. The van der Waals surface area contributed by atoms with Crippen LogP contribution in [0, 0.1) is 5.92 Å². The van der Waals surface area contributed by atoms with Gasteiger partial charge in [-0.25, -0.2) is 9.59 Å². The number of H-pyrrole nitrogens is 1. The lowest BCUT2D eigenvalue weighted by atomic mass is 10.1. The van der Waals surface area contributed by atoms with Gasteiger partial charge >= 0.3 is 11.7 Å². The molecule has 0 spiro atoms. The number of aromatic nitrogens is 2. The van der Waals surface area contributed by atoms with Crippen molar-refractivity contribution in [1.82, 2.24) is 14.9 Å². The van der Waals surface area contributed by atoms with Gasteiger partial charge in [0.05, 0.1) is 10.9 Å². The van der Waals surface area contributed by atoms with Gasteiger partial charge in [-0.05, 0) is 18.1 Å². The van der Waals surface area contributed by atoms with Crippen molar-refractivity contribution in [2.24, 2.45) is 5.92 Å². The number of amides is 1. The fourth-order valence-electron chi connectivity index (χ4n) is 2.22. The number of fused-ring (bicyclic) bond motifs is 1. The van der Waals surface area contributed by atoms with E-state index in [1.54, 1.807) is 32.0 Å². The van der Waals surface area contributed by atoms with E-state index in [1.807, 2.05) is 0 Å². The molecular formula is C15H17N3O5. The number of hydrogen-bond acceptors (Lipinski definition) is 4. The molecule has 1 amide bonds. The van der Waals surface area contributed by atoms with Gasteiger partial charge in [0.2, 0.25) is 5.91 Å². The van der Waals surface area contributed by atoms with Crippen molar-refractivity contribution in [1.29, 1.82) is 0 Å². The van der Waals surface area contributed by atoms with Gasteiger partial charge in [0.15, 0.2) is 0 Å². The average molecular weight is 319 g/mol. The monoisotopic (exact) mass is 319 g/mol. The summed E-state index contributed by atoms with van der Waals surface area (Å²) in [4.78, 5) is 49.8. The molecule has 8 heteroatoms. The summed E-state index contributed by atoms with van der Waals surface area (Å²) in [5.41, 5.74) is -0.944. The number of rotatable bonds is 5. The van der Waals surface area contributed by atoms with E-state index in [4.69, 9.17) is 5.11 Å². The number of para-hydroxylation sites is 1. The van der Waals surface area contributed by atoms with Crippen molar-refractivity contribution >= 4 is 22.8 Å². The number of benzene rings is 1. The van der Waals surface area contributed by atoms with Gasteiger partial charge in [0.25, 0.3) is 5.56 Å². The Hall–Kier alpha value is -2.90. The van der Waals surface area contributed by atoms with Crippen molar-refractivity contribution in [3.05, 3.63) is 45.1 Å². The van der Waals surface area contributed by atoms with Crippen LogP contribution in [-0.2, 0) is 16.1 Å². The highest BCUT2D eigenvalue weighted by atomic mass is 16.4. The van der Waals surface area contributed by atoms with Crippen molar-refractivity contribution < 1.29 is 14.7 Å². The molecule has 0 fully saturated rings. The zero-order valence-corrected chi connectivity index (χ0v) is 12.7. The Labute approximate surface area is 130 Å². The molecule has 0 saturated heterocycles. The number of carbonyl (C=O) groups is 2. The number of carboxylic acid groups (broad SMARTS) is 1. The Kier molecular flexibility index (Phi) is 4.63. The van der Waals surface area contributed by atoms with Crippen LogP contribution < -0.4 is 16.6 Å². The first-order valence-corrected chi connectivity index (χ1v) is 7.05. The third kappa shape index (κ3) is 3.47. The first-order valence-electron chi connectivity index (χ1n) is 7.05. The van der Waals surface area contributed by atoms with E-state index < -0.39 is 35.7 Å². The molecule has 8 nitrogen and oxygen atoms in total. The second-order valence-electron chi connectivity index (χ2n) is 5.49. The second-order valence-corrected chi connectivity index (χ2v) is 5.49. The molecule has 3 N–H and O–H groups in total. The Morgan fingerprint density at radius 2 is 1.91 bits per heavy atom. The van der Waals surface area contributed by atoms with E-state index in [2.05, 4.69) is 10.3 Å². The highest BCUT2D eigenvalue weighted by Crippen LogP contribution is 2.03. The lowest BCUT2D eigenvalue weighted by Gasteiger charge is -2.18. The predicted octanol–water partition coefficient (Wildman–Crippen LogP) is -0.0848. The normalized spacial score (nSPS) is 12.3. The summed E-state index contributed by atoms with van der Waals surface area (Å²) in [6.45, 7) is 2.75. The Bertz CT molecular complexity index is 865. The lowest BCUT2D eigenvalue weighted by Crippen LogP contribution is -2.48. The molecule has 122 valence electrons. The molecule has 0 saturated carbocycles. The van der Waals surface area contributed by atoms with Crippen molar-refractivity contribution in [2.75, 3.05) is 0 Å². The number of nitrogens with one attached hydrogen (secondary N) is 2. The van der Waals surface area contributed by atoms with Crippen LogP contribution in [0.3, 0.4) is 0 Å². The van der Waals surface area contributed by atoms with Gasteiger partial charge in [-0.15, -0.1) is 0 Å². The molecule has 23 heavy (non-hydrogen) atoms. The van der Waals surface area contributed by atoms with E-state index in [0.717, 1.165) is 4.57 Å². The summed E-state index contributed by atoms with van der Waals surface area (Å²) in [5, 5.41) is 11.7. The fourth-order valence-corrected chi connectivity index (χ4v) is 2.22. The van der Waals surface area contributed by atoms with Gasteiger partial charge in [-0.1, -0.05) is 26.0 Å². The van der Waals surface area contributed by atoms with Gasteiger partial charge < -0.3 is 15.4 Å². The second kappa shape index (κ2) is 6.47. The summed E-state index contributed by atoms with van der Waals surface area (Å²) < 4.78 is 0.747. The van der Waals surface area contributed by atoms with Crippen LogP contribution >= 0.6 is 0 Å². The SMILES string of the molecule is CC(C)[C@H](NC(=O)Cn1c(=O)[nH]c2ccccc2c1=O)C(=O)O. The molecule has 1 aromatic carbocycles. The molecule has 0 unspecified atom stereocenters. The van der Waals surface area contributed by atoms with E-state index in [-0.39, 0.29) is 11.3 Å². The van der Waals surface area contributed by atoms with Gasteiger partial charge in [-0.2, -0.15) is 0 Å². The zero-order valence-electron chi connectivity index (χ0n) is 12.7. The van der Waals surface area contributed by atoms with E-state index in [1.165, 1.54) is 6.07 Å². The van der Waals surface area contributed by atoms with Crippen molar-refractivity contribution in [3.63, 3.8) is 0 Å². The standard InChI is InChI=1S/C15H17N3O5/c1-8(2)12(14(21)22)17-11(19)7-18-13(20)9-5-3-4-6-10(9)16-15(18)23/h3-6,8,12H,7H2,1-2H3,(H,16,23)(H,17,19)(H,21,22)/t12-/m0/s1. The number of nitrogens with zero attached hydrogens (tertiary/aromatic N) is 1. The van der Waals surface area contributed by atoms with Crippen molar-refractivity contribution in [2.45, 2.75) is 26.4 Å². The predicted molar refractivity (Wildman–Crippen MR) is 83.2 cm³/mol. The topological polar surface area (TPSA) is 121 Å². The summed E-state index contributed by atoms with van der Waals surface area (Å²) >= 11 is 0. The number of aromatic amines is 1. The van der Waals surface area contributed by atoms with Crippen molar-refractivity contribution in [3.8, 4) is 0 Å². The minimum absolute atomic E-state index is 0.276. The van der Waals surface area contributed by atoms with Gasteiger partial charge in [0, 0.05) is 0 Å². The highest BCUT2D eigenvalue weighted by molar-refractivity contribution is 5.84. The molecule has 0 aliphatic heterocycles. The van der Waals surface area contributed by atoms with Crippen LogP contribution in [0.5, 0.6) is 0 Å². The molecular weight excluding hydrogens is 302 g/mol. The Morgan fingerprint density at radius 1 is 1.26 bits per heavy atom. The minimum atomic E-state index is -1.17. The smallest absolute Gasteiger partial charge is 0.329 e. The number of aliphatic carboxylic acids is 1. The van der Waals surface area contributed by atoms with Crippen LogP contribution in [-0.4, -0.2) is 32.6 Å². The molecule has 0 radical (unpaired) electrons. The fraction of sp³-hybridized carbons (Fsp3) is 0.333. The number of carboxylic acids is 1. The highest BCUT2D eigenvalue weighted by Gasteiger charge is 2.24. The number of carbonyl (C=O) groups excluding carboxylic acids is 1. The maximum absolute atomic E-state index is 12.3. The Balaban J connectivity index is 2.32. The molecule has 1 atom stereocenters. The first kappa shape index (κ1) is 16.5. The third-order valence-corrected chi connectivity index (χ3v) is 3.44. The largest absolute Gasteiger partial charge is 0.480 e. The van der Waals surface area contributed by atoms with Crippen LogP contribution in [0.15, 0.2) is 33.9 Å². The minimum Gasteiger partial charge on any atom is -0.480 e. The van der Waals surface area contributed by atoms with Crippen LogP contribution in [0.1, 0.15) is 13.8 Å². The molecule has 2 rings (SSSR count). The van der Waals surface area contributed by atoms with Gasteiger partial charge in [-0.3, -0.25) is 14.2 Å². The number of hydrogen-bond donors (Lipinski definition) is 3. The van der Waals surface area contributed by atoms with E-state index in [9.17, 15) is 19.2 Å². The summed E-state index contributed by atoms with van der Waals surface area (Å²) in [7, 11) is 0. The third-order valence-electron chi connectivity index (χ3n) is 3.44. The summed E-state index contributed by atoms with van der Waals surface area (Å²) in [6, 6.07) is 5.36. The summed E-state index contributed by atoms with van der Waals surface area (Å²) in [6.07, 6.45) is 0. The molecule has 0 aliphatic carbocycles. The molecule has 2 aromatic rings. The molecule has 0 bridgehead atoms. The Morgan fingerprint density at radius 3 is 2.52 bits per heavy atom. The maximum Gasteiger partial charge on any atom is 0.329 e. The summed E-state index contributed by atoms with van der Waals surface area (Å²) in [5.74, 6) is -2.22. The van der Waals surface area contributed by atoms with E-state index in [0.29, 0.717) is 5.52 Å². The van der Waals surface area contributed by atoms with Gasteiger partial charge in [0.1, 0.15) is 12.6 Å². The zero-order chi connectivity index (χ0) is 17.1. The van der Waals surface area contributed by atoms with Crippen LogP contribution in [0.2, 0.25) is 0 Å². The lowest BCUT2D eigenvalue weighted by molar-refractivity contribution is -0.143. The molecule has 1 aromatic heterocycles. The molecule has 0 aliphatic rings. The maximum atomic E-state index is 12.3. The first-order chi connectivity index (χ1) is 10.8. The van der Waals surface area contributed by atoms with E-state index >= 15 is 0 Å². The van der Waals surface area contributed by atoms with Crippen LogP contribution in [0.25, 0.3) is 10.9 Å². The quantitative estimate of drug-likeness (QED) is 0.711. The van der Waals surface area contributed by atoms with Crippen LogP contribution in [0.4, 0.5) is 0 Å².